The molecule has 9 heteroatoms. The highest BCUT2D eigenvalue weighted by Gasteiger charge is 2.33. The van der Waals surface area contributed by atoms with E-state index < -0.39 is 14.9 Å². The first-order chi connectivity index (χ1) is 14.7. The van der Waals surface area contributed by atoms with Crippen molar-refractivity contribution in [2.75, 3.05) is 19.6 Å². The monoisotopic (exact) mass is 445 g/mol. The Kier molecular flexibility index (Phi) is 7.07. The lowest BCUT2D eigenvalue weighted by atomic mass is 9.96. The first-order valence-electron chi connectivity index (χ1n) is 10.3. The van der Waals surface area contributed by atoms with Crippen molar-refractivity contribution in [3.63, 3.8) is 0 Å². The van der Waals surface area contributed by atoms with Crippen LogP contribution in [0.15, 0.2) is 53.4 Å². The molecule has 2 aromatic carbocycles. The second-order valence-electron chi connectivity index (χ2n) is 7.94. The van der Waals surface area contributed by atoms with Gasteiger partial charge in [0, 0.05) is 37.7 Å². The number of nitrogens with zero attached hydrogens (tertiary/aromatic N) is 2. The summed E-state index contributed by atoms with van der Waals surface area (Å²) < 4.78 is 27.4. The topological polar surface area (TPSA) is 110 Å². The molecule has 0 aromatic heterocycles. The first-order valence-corrected chi connectivity index (χ1v) is 11.7. The summed E-state index contributed by atoms with van der Waals surface area (Å²) in [5.41, 5.74) is 1.35. The van der Waals surface area contributed by atoms with Gasteiger partial charge in [-0.05, 0) is 36.8 Å². The molecular weight excluding hydrogens is 418 g/mol. The van der Waals surface area contributed by atoms with E-state index in [4.69, 9.17) is 0 Å². The third-order valence-corrected chi connectivity index (χ3v) is 7.82. The average molecular weight is 446 g/mol. The van der Waals surface area contributed by atoms with Gasteiger partial charge in [-0.2, -0.15) is 4.31 Å². The molecule has 0 aliphatic carbocycles. The SMILES string of the molecule is Cc1ccc([N+](=O)[O-])cc1S(=O)(=O)N1CCC(C(=O)NC[C@@H](C)c2ccccc2)CC1. The van der Waals surface area contributed by atoms with Crippen molar-refractivity contribution in [3.8, 4) is 0 Å². The van der Waals surface area contributed by atoms with E-state index in [2.05, 4.69) is 5.32 Å². The van der Waals surface area contributed by atoms with Crippen LogP contribution in [0, 0.1) is 23.0 Å². The molecule has 0 unspecified atom stereocenters. The van der Waals surface area contributed by atoms with Gasteiger partial charge in [-0.3, -0.25) is 14.9 Å². The Morgan fingerprint density at radius 3 is 2.45 bits per heavy atom. The molecule has 31 heavy (non-hydrogen) atoms. The zero-order valence-corrected chi connectivity index (χ0v) is 18.5. The number of carbonyl (C=O) groups excluding carboxylic acids is 1. The van der Waals surface area contributed by atoms with Crippen LogP contribution >= 0.6 is 0 Å². The van der Waals surface area contributed by atoms with E-state index >= 15 is 0 Å². The summed E-state index contributed by atoms with van der Waals surface area (Å²) in [4.78, 5) is 23.0. The lowest BCUT2D eigenvalue weighted by Gasteiger charge is -2.31. The van der Waals surface area contributed by atoms with Crippen LogP contribution in [0.4, 0.5) is 5.69 Å². The number of nitro groups is 1. The van der Waals surface area contributed by atoms with Crippen molar-refractivity contribution >= 4 is 21.6 Å². The number of carbonyl (C=O) groups is 1. The third-order valence-electron chi connectivity index (χ3n) is 5.78. The zero-order valence-electron chi connectivity index (χ0n) is 17.7. The van der Waals surface area contributed by atoms with Crippen molar-refractivity contribution in [3.05, 3.63) is 69.8 Å². The maximum Gasteiger partial charge on any atom is 0.270 e. The van der Waals surface area contributed by atoms with Crippen molar-refractivity contribution in [2.24, 2.45) is 5.92 Å². The minimum absolute atomic E-state index is 0.0544. The molecule has 0 radical (unpaired) electrons. The quantitative estimate of drug-likeness (QED) is 0.520. The van der Waals surface area contributed by atoms with Crippen LogP contribution in [0.2, 0.25) is 0 Å². The van der Waals surface area contributed by atoms with E-state index in [9.17, 15) is 23.3 Å². The van der Waals surface area contributed by atoms with Crippen molar-refractivity contribution in [1.82, 2.24) is 9.62 Å². The molecule has 1 aliphatic rings. The minimum atomic E-state index is -3.86. The second kappa shape index (κ2) is 9.57. The number of hydrogen-bond donors (Lipinski definition) is 1. The van der Waals surface area contributed by atoms with Crippen LogP contribution in [0.3, 0.4) is 0 Å². The predicted octanol–water partition coefficient (Wildman–Crippen LogP) is 3.22. The minimum Gasteiger partial charge on any atom is -0.355 e. The maximum absolute atomic E-state index is 13.0. The number of piperidine rings is 1. The lowest BCUT2D eigenvalue weighted by Crippen LogP contribution is -2.43. The van der Waals surface area contributed by atoms with E-state index in [1.807, 2.05) is 37.3 Å². The predicted molar refractivity (Wildman–Crippen MR) is 117 cm³/mol. The normalized spacial score (nSPS) is 16.6. The number of sulfonamides is 1. The molecule has 1 saturated heterocycles. The molecule has 0 saturated carbocycles. The number of aryl methyl sites for hydroxylation is 1. The molecule has 1 fully saturated rings. The Morgan fingerprint density at radius 1 is 1.19 bits per heavy atom. The van der Waals surface area contributed by atoms with E-state index in [1.54, 1.807) is 6.92 Å². The van der Waals surface area contributed by atoms with Gasteiger partial charge in [0.15, 0.2) is 0 Å². The van der Waals surface area contributed by atoms with Crippen molar-refractivity contribution in [1.29, 1.82) is 0 Å². The fourth-order valence-electron chi connectivity index (χ4n) is 3.78. The summed E-state index contributed by atoms with van der Waals surface area (Å²) in [6.45, 7) is 4.60. The smallest absolute Gasteiger partial charge is 0.270 e. The molecule has 3 rings (SSSR count). The molecule has 1 N–H and O–H groups in total. The summed E-state index contributed by atoms with van der Waals surface area (Å²) in [5, 5.41) is 14.0. The summed E-state index contributed by atoms with van der Waals surface area (Å²) in [7, 11) is -3.86. The van der Waals surface area contributed by atoms with Gasteiger partial charge >= 0.3 is 0 Å². The third kappa shape index (κ3) is 5.29. The molecule has 2 aromatic rings. The first kappa shape index (κ1) is 22.9. The Labute approximate surface area is 182 Å². The molecule has 0 bridgehead atoms. The number of nitro benzene ring substituents is 1. The van der Waals surface area contributed by atoms with Gasteiger partial charge in [-0.15, -0.1) is 0 Å². The van der Waals surface area contributed by atoms with E-state index in [1.165, 1.54) is 16.4 Å². The maximum atomic E-state index is 13.0. The Morgan fingerprint density at radius 2 is 1.84 bits per heavy atom. The van der Waals surface area contributed by atoms with Gasteiger partial charge in [0.2, 0.25) is 15.9 Å². The van der Waals surface area contributed by atoms with E-state index in [-0.39, 0.29) is 41.4 Å². The van der Waals surface area contributed by atoms with Gasteiger partial charge in [0.05, 0.1) is 9.82 Å². The van der Waals surface area contributed by atoms with Gasteiger partial charge in [0.25, 0.3) is 5.69 Å². The fourth-order valence-corrected chi connectivity index (χ4v) is 5.49. The molecule has 0 spiro atoms. The average Bonchev–Trinajstić information content (AvgIpc) is 2.77. The molecule has 166 valence electrons. The van der Waals surface area contributed by atoms with Crippen LogP contribution in [0.1, 0.15) is 36.8 Å². The number of hydrogen-bond acceptors (Lipinski definition) is 5. The summed E-state index contributed by atoms with van der Waals surface area (Å²) >= 11 is 0. The number of non-ortho nitro benzene ring substituents is 1. The van der Waals surface area contributed by atoms with Crippen LogP contribution in [0.25, 0.3) is 0 Å². The second-order valence-corrected chi connectivity index (χ2v) is 9.85. The zero-order chi connectivity index (χ0) is 22.6. The number of rotatable bonds is 7. The molecule has 1 atom stereocenters. The molecule has 1 heterocycles. The molecule has 1 amide bonds. The largest absolute Gasteiger partial charge is 0.355 e. The van der Waals surface area contributed by atoms with E-state index in [0.29, 0.717) is 24.9 Å². The van der Waals surface area contributed by atoms with Gasteiger partial charge in [0.1, 0.15) is 0 Å². The molecule has 8 nitrogen and oxygen atoms in total. The van der Waals surface area contributed by atoms with Crippen LogP contribution in [-0.4, -0.2) is 43.2 Å². The van der Waals surface area contributed by atoms with Crippen molar-refractivity contribution < 1.29 is 18.1 Å². The van der Waals surface area contributed by atoms with Crippen LogP contribution in [0.5, 0.6) is 0 Å². The van der Waals surface area contributed by atoms with Crippen molar-refractivity contribution in [2.45, 2.75) is 37.5 Å². The highest BCUT2D eigenvalue weighted by molar-refractivity contribution is 7.89. The highest BCUT2D eigenvalue weighted by atomic mass is 32.2. The summed E-state index contributed by atoms with van der Waals surface area (Å²) in [6, 6.07) is 13.8. The molecular formula is C22H27N3O5S. The Hall–Kier alpha value is -2.78. The number of amides is 1. The summed E-state index contributed by atoms with van der Waals surface area (Å²) in [5.74, 6) is -0.130. The number of nitrogens with one attached hydrogen (secondary N) is 1. The lowest BCUT2D eigenvalue weighted by molar-refractivity contribution is -0.385. The fraction of sp³-hybridized carbons (Fsp3) is 0.409. The number of benzene rings is 2. The summed E-state index contributed by atoms with van der Waals surface area (Å²) in [6.07, 6.45) is 0.831. The highest BCUT2D eigenvalue weighted by Crippen LogP contribution is 2.28. The van der Waals surface area contributed by atoms with Gasteiger partial charge in [-0.25, -0.2) is 8.42 Å². The molecule has 1 aliphatic heterocycles. The van der Waals surface area contributed by atoms with Crippen LogP contribution < -0.4 is 5.32 Å². The standard InChI is InChI=1S/C22H27N3O5S/c1-16-8-9-20(25(27)28)14-21(16)31(29,30)24-12-10-19(11-13-24)22(26)23-15-17(2)18-6-4-3-5-7-18/h3-9,14,17,19H,10-13,15H2,1-2H3,(H,23,26)/t17-/m1/s1. The van der Waals surface area contributed by atoms with Crippen LogP contribution in [-0.2, 0) is 14.8 Å². The van der Waals surface area contributed by atoms with Gasteiger partial charge < -0.3 is 5.32 Å². The Bertz CT molecular complexity index is 1050. The Balaban J connectivity index is 1.59. The van der Waals surface area contributed by atoms with Gasteiger partial charge in [-0.1, -0.05) is 43.3 Å². The van der Waals surface area contributed by atoms with E-state index in [0.717, 1.165) is 11.6 Å².